The first-order chi connectivity index (χ1) is 18.3. The number of Topliss-reactive ketones (excluding diaryl/α,β-unsaturated/α-hetero) is 1. The Bertz CT molecular complexity index is 1310. The highest BCUT2D eigenvalue weighted by Gasteiger charge is 2.45. The van der Waals surface area contributed by atoms with Gasteiger partial charge in [0, 0.05) is 18.7 Å². The van der Waals surface area contributed by atoms with Crippen LogP contribution in [0, 0.1) is 6.92 Å². The second-order valence-electron chi connectivity index (χ2n) is 9.41. The van der Waals surface area contributed by atoms with Crippen molar-refractivity contribution in [3.8, 4) is 11.5 Å². The molecule has 0 saturated carbocycles. The molecular formula is C31H34N2O5. The first kappa shape index (κ1) is 26.9. The Labute approximate surface area is 223 Å². The molecule has 0 aromatic heterocycles. The molecule has 1 aliphatic rings. The number of nitrogens with zero attached hydrogens (tertiary/aromatic N) is 2. The third kappa shape index (κ3) is 5.89. The van der Waals surface area contributed by atoms with E-state index in [2.05, 4.69) is 11.0 Å². The van der Waals surface area contributed by atoms with E-state index in [1.54, 1.807) is 36.4 Å². The van der Waals surface area contributed by atoms with Crippen LogP contribution in [0.1, 0.15) is 42.1 Å². The van der Waals surface area contributed by atoms with Gasteiger partial charge in [0.25, 0.3) is 11.7 Å². The monoisotopic (exact) mass is 514 g/mol. The van der Waals surface area contributed by atoms with E-state index in [1.165, 1.54) is 17.0 Å². The van der Waals surface area contributed by atoms with Gasteiger partial charge in [-0.1, -0.05) is 55.8 Å². The number of likely N-dealkylation sites (N-methyl/N-ethyl adjacent to an activating group) is 1. The van der Waals surface area contributed by atoms with Crippen molar-refractivity contribution in [1.29, 1.82) is 0 Å². The number of aliphatic hydroxyl groups excluding tert-OH is 1. The van der Waals surface area contributed by atoms with E-state index in [0.717, 1.165) is 24.2 Å². The summed E-state index contributed by atoms with van der Waals surface area (Å²) in [5.41, 5.74) is 3.30. The molecule has 7 heteroatoms. The van der Waals surface area contributed by atoms with Gasteiger partial charge in [-0.25, -0.2) is 0 Å². The molecule has 198 valence electrons. The number of amides is 1. The number of aromatic hydroxyl groups is 1. The number of phenols is 1. The minimum absolute atomic E-state index is 0.0358. The van der Waals surface area contributed by atoms with Gasteiger partial charge >= 0.3 is 0 Å². The highest BCUT2D eigenvalue weighted by Crippen LogP contribution is 2.39. The summed E-state index contributed by atoms with van der Waals surface area (Å²) < 4.78 is 5.88. The van der Waals surface area contributed by atoms with E-state index in [-0.39, 0.29) is 17.1 Å². The van der Waals surface area contributed by atoms with Crippen molar-refractivity contribution < 1.29 is 24.5 Å². The molecular weight excluding hydrogens is 480 g/mol. The Balaban J connectivity index is 1.63. The second kappa shape index (κ2) is 12.0. The third-order valence-electron chi connectivity index (χ3n) is 6.92. The van der Waals surface area contributed by atoms with Crippen molar-refractivity contribution in [2.45, 2.75) is 33.4 Å². The van der Waals surface area contributed by atoms with Gasteiger partial charge in [0.05, 0.1) is 11.6 Å². The molecule has 1 amide bonds. The van der Waals surface area contributed by atoms with Crippen LogP contribution in [0.2, 0.25) is 0 Å². The number of likely N-dealkylation sites (tertiary alicyclic amines) is 1. The zero-order valence-electron chi connectivity index (χ0n) is 22.1. The van der Waals surface area contributed by atoms with E-state index in [0.29, 0.717) is 36.6 Å². The first-order valence-electron chi connectivity index (χ1n) is 12.9. The summed E-state index contributed by atoms with van der Waals surface area (Å²) in [6, 6.07) is 20.5. The van der Waals surface area contributed by atoms with Crippen LogP contribution in [0.4, 0.5) is 0 Å². The number of hydrogen-bond donors (Lipinski definition) is 2. The van der Waals surface area contributed by atoms with E-state index in [1.807, 2.05) is 39.0 Å². The lowest BCUT2D eigenvalue weighted by atomic mass is 9.95. The number of rotatable bonds is 10. The summed E-state index contributed by atoms with van der Waals surface area (Å²) in [4.78, 5) is 30.0. The molecule has 7 nitrogen and oxygen atoms in total. The molecule has 2 N–H and O–H groups in total. The third-order valence-corrected chi connectivity index (χ3v) is 6.92. The van der Waals surface area contributed by atoms with Crippen LogP contribution in [-0.2, 0) is 16.2 Å². The second-order valence-corrected chi connectivity index (χ2v) is 9.41. The summed E-state index contributed by atoms with van der Waals surface area (Å²) in [5, 5.41) is 21.1. The van der Waals surface area contributed by atoms with Gasteiger partial charge in [0.15, 0.2) is 0 Å². The number of ketones is 1. The van der Waals surface area contributed by atoms with Crippen molar-refractivity contribution in [3.05, 3.63) is 101 Å². The Morgan fingerprint density at radius 1 is 0.974 bits per heavy atom. The number of ether oxygens (including phenoxy) is 1. The van der Waals surface area contributed by atoms with Crippen LogP contribution in [0.5, 0.6) is 11.5 Å². The highest BCUT2D eigenvalue weighted by molar-refractivity contribution is 6.46. The minimum atomic E-state index is -0.761. The summed E-state index contributed by atoms with van der Waals surface area (Å²) in [5.74, 6) is -0.903. The molecule has 1 saturated heterocycles. The number of aryl methyl sites for hydroxylation is 1. The van der Waals surface area contributed by atoms with E-state index < -0.39 is 17.7 Å². The van der Waals surface area contributed by atoms with Crippen molar-refractivity contribution in [1.82, 2.24) is 9.80 Å². The maximum atomic E-state index is 13.2. The van der Waals surface area contributed by atoms with Crippen LogP contribution in [0.3, 0.4) is 0 Å². The maximum Gasteiger partial charge on any atom is 0.295 e. The Hall–Kier alpha value is -4.10. The van der Waals surface area contributed by atoms with Gasteiger partial charge < -0.3 is 24.7 Å². The van der Waals surface area contributed by atoms with Gasteiger partial charge in [-0.15, -0.1) is 0 Å². The molecule has 1 heterocycles. The number of benzene rings is 3. The molecule has 3 aromatic carbocycles. The zero-order valence-corrected chi connectivity index (χ0v) is 22.1. The molecule has 3 aromatic rings. The summed E-state index contributed by atoms with van der Waals surface area (Å²) in [7, 11) is 0. The lowest BCUT2D eigenvalue weighted by molar-refractivity contribution is -0.140. The largest absolute Gasteiger partial charge is 0.508 e. The normalized spacial score (nSPS) is 16.8. The topological polar surface area (TPSA) is 90.3 Å². The Kier molecular flexibility index (Phi) is 8.48. The standard InChI is InChI=1S/C31H34N2O5/c1-4-32(5-2)17-18-33-28(23-9-13-25(34)14-10-23)27(30(36)31(33)37)29(35)24-11-15-26(16-12-24)38-20-22-8-6-7-21(3)19-22/h6-16,19,28,34-35H,4-5,17-18,20H2,1-3H3. The van der Waals surface area contributed by atoms with Crippen molar-refractivity contribution in [2.24, 2.45) is 0 Å². The SMILES string of the molecule is CCN(CC)CCN1C(=O)C(=O)C(=C(O)c2ccc(OCc3cccc(C)c3)cc2)C1c1ccc(O)cc1. The number of phenolic OH excluding ortho intramolecular Hbond substituents is 1. The lowest BCUT2D eigenvalue weighted by Gasteiger charge is -2.28. The number of hydrogen-bond acceptors (Lipinski definition) is 6. The van der Waals surface area contributed by atoms with Gasteiger partial charge in [-0.05, 0) is 67.5 Å². The Morgan fingerprint density at radius 3 is 2.29 bits per heavy atom. The van der Waals surface area contributed by atoms with Gasteiger partial charge in [0.1, 0.15) is 23.9 Å². The fraction of sp³-hybridized carbons (Fsp3) is 0.290. The average molecular weight is 515 g/mol. The fourth-order valence-corrected chi connectivity index (χ4v) is 4.74. The van der Waals surface area contributed by atoms with Crippen LogP contribution in [0.15, 0.2) is 78.4 Å². The smallest absolute Gasteiger partial charge is 0.295 e. The molecule has 1 aliphatic heterocycles. The minimum Gasteiger partial charge on any atom is -0.508 e. The van der Waals surface area contributed by atoms with E-state index in [9.17, 15) is 19.8 Å². The molecule has 0 radical (unpaired) electrons. The molecule has 1 atom stereocenters. The van der Waals surface area contributed by atoms with Gasteiger partial charge in [-0.2, -0.15) is 0 Å². The predicted molar refractivity (Wildman–Crippen MR) is 147 cm³/mol. The molecule has 1 fully saturated rings. The summed E-state index contributed by atoms with van der Waals surface area (Å²) in [6.45, 7) is 9.10. The molecule has 0 bridgehead atoms. The number of aliphatic hydroxyl groups is 1. The van der Waals surface area contributed by atoms with E-state index >= 15 is 0 Å². The highest BCUT2D eigenvalue weighted by atomic mass is 16.5. The lowest BCUT2D eigenvalue weighted by Crippen LogP contribution is -2.38. The molecule has 4 rings (SSSR count). The van der Waals surface area contributed by atoms with Crippen molar-refractivity contribution >= 4 is 17.4 Å². The number of carbonyl (C=O) groups is 2. The maximum absolute atomic E-state index is 13.2. The first-order valence-corrected chi connectivity index (χ1v) is 12.9. The number of carbonyl (C=O) groups excluding carboxylic acids is 2. The zero-order chi connectivity index (χ0) is 27.2. The molecule has 1 unspecified atom stereocenters. The molecule has 0 spiro atoms. The summed E-state index contributed by atoms with van der Waals surface area (Å²) in [6.07, 6.45) is 0. The quantitative estimate of drug-likeness (QED) is 0.224. The van der Waals surface area contributed by atoms with Crippen molar-refractivity contribution in [2.75, 3.05) is 26.2 Å². The Morgan fingerprint density at radius 2 is 1.66 bits per heavy atom. The van der Waals surface area contributed by atoms with Crippen molar-refractivity contribution in [3.63, 3.8) is 0 Å². The van der Waals surface area contributed by atoms with Gasteiger partial charge in [-0.3, -0.25) is 9.59 Å². The van der Waals surface area contributed by atoms with Crippen LogP contribution >= 0.6 is 0 Å². The molecule has 0 aliphatic carbocycles. The predicted octanol–water partition coefficient (Wildman–Crippen LogP) is 5.04. The average Bonchev–Trinajstić information content (AvgIpc) is 3.18. The van der Waals surface area contributed by atoms with E-state index in [4.69, 9.17) is 4.74 Å². The fourth-order valence-electron chi connectivity index (χ4n) is 4.74. The van der Waals surface area contributed by atoms with Crippen LogP contribution in [-0.4, -0.2) is 57.9 Å². The van der Waals surface area contributed by atoms with Gasteiger partial charge in [0.2, 0.25) is 0 Å². The molecule has 38 heavy (non-hydrogen) atoms. The summed E-state index contributed by atoms with van der Waals surface area (Å²) >= 11 is 0. The van der Waals surface area contributed by atoms with Crippen LogP contribution in [0.25, 0.3) is 5.76 Å². The van der Waals surface area contributed by atoms with Crippen LogP contribution < -0.4 is 4.74 Å².